The molecule has 0 aliphatic rings. The van der Waals surface area contributed by atoms with Gasteiger partial charge in [-0.25, -0.2) is 0 Å². The van der Waals surface area contributed by atoms with E-state index in [0.29, 0.717) is 5.75 Å². The van der Waals surface area contributed by atoms with Crippen molar-refractivity contribution < 1.29 is 27.8 Å². The minimum absolute atomic E-state index is 0.00102. The van der Waals surface area contributed by atoms with Crippen LogP contribution in [0.5, 0.6) is 11.5 Å². The van der Waals surface area contributed by atoms with Crippen molar-refractivity contribution in [2.24, 2.45) is 0 Å². The Balaban J connectivity index is 2.27. The molecule has 1 rings (SSSR count). The molecule has 1 aromatic carbocycles. The van der Waals surface area contributed by atoms with Crippen molar-refractivity contribution in [2.75, 3.05) is 19.8 Å². The van der Waals surface area contributed by atoms with Gasteiger partial charge in [-0.1, -0.05) is 0 Å². The van der Waals surface area contributed by atoms with Crippen LogP contribution < -0.4 is 4.74 Å². The Hall–Kier alpha value is -1.43. The lowest BCUT2D eigenvalue weighted by Crippen LogP contribution is -2.19. The van der Waals surface area contributed by atoms with E-state index >= 15 is 0 Å². The zero-order chi connectivity index (χ0) is 12.9. The molecule has 0 atom stereocenters. The molecule has 96 valence electrons. The average Bonchev–Trinajstić information content (AvgIpc) is 2.13. The maximum Gasteiger partial charge on any atom is 0.411 e. The molecule has 0 fully saturated rings. The molecule has 0 saturated carbocycles. The number of hydrogen-bond acceptors (Lipinski definition) is 3. The van der Waals surface area contributed by atoms with E-state index in [1.807, 2.05) is 0 Å². The zero-order valence-corrected chi connectivity index (χ0v) is 9.25. The van der Waals surface area contributed by atoms with Crippen LogP contribution in [0.3, 0.4) is 0 Å². The number of aromatic hydroxyl groups is 1. The first-order valence-electron chi connectivity index (χ1n) is 4.95. The van der Waals surface area contributed by atoms with E-state index in [4.69, 9.17) is 4.74 Å². The van der Waals surface area contributed by atoms with Gasteiger partial charge in [0.2, 0.25) is 0 Å². The topological polar surface area (TPSA) is 38.7 Å². The van der Waals surface area contributed by atoms with Crippen LogP contribution in [0.1, 0.15) is 5.56 Å². The van der Waals surface area contributed by atoms with Gasteiger partial charge in [0.15, 0.2) is 0 Å². The second-order valence-corrected chi connectivity index (χ2v) is 3.52. The van der Waals surface area contributed by atoms with E-state index in [2.05, 4.69) is 4.74 Å². The summed E-state index contributed by atoms with van der Waals surface area (Å²) in [4.78, 5) is 0. The van der Waals surface area contributed by atoms with Gasteiger partial charge in [0.25, 0.3) is 0 Å². The summed E-state index contributed by atoms with van der Waals surface area (Å²) in [5.74, 6) is 0.453. The fourth-order valence-corrected chi connectivity index (χ4v) is 1.22. The molecule has 0 heterocycles. The van der Waals surface area contributed by atoms with Crippen molar-refractivity contribution in [2.45, 2.75) is 13.1 Å². The van der Waals surface area contributed by atoms with E-state index in [-0.39, 0.29) is 19.0 Å². The van der Waals surface area contributed by atoms with Crippen LogP contribution >= 0.6 is 0 Å². The molecule has 1 aromatic rings. The van der Waals surface area contributed by atoms with Crippen molar-refractivity contribution in [1.82, 2.24) is 0 Å². The van der Waals surface area contributed by atoms with Crippen LogP contribution in [-0.2, 0) is 4.74 Å². The van der Waals surface area contributed by atoms with E-state index in [9.17, 15) is 18.3 Å². The molecule has 0 aliphatic heterocycles. The third-order valence-electron chi connectivity index (χ3n) is 1.80. The third-order valence-corrected chi connectivity index (χ3v) is 1.80. The number of halogens is 3. The Morgan fingerprint density at radius 1 is 1.18 bits per heavy atom. The first-order chi connectivity index (χ1) is 7.87. The predicted molar refractivity (Wildman–Crippen MR) is 55.2 cm³/mol. The first-order valence-corrected chi connectivity index (χ1v) is 4.95. The Bertz CT molecular complexity index is 343. The summed E-state index contributed by atoms with van der Waals surface area (Å²) >= 11 is 0. The Kier molecular flexibility index (Phi) is 4.62. The van der Waals surface area contributed by atoms with Crippen LogP contribution in [0, 0.1) is 6.92 Å². The summed E-state index contributed by atoms with van der Waals surface area (Å²) in [7, 11) is 0. The Morgan fingerprint density at radius 2 is 1.88 bits per heavy atom. The molecule has 0 spiro atoms. The quantitative estimate of drug-likeness (QED) is 0.816. The van der Waals surface area contributed by atoms with Crippen molar-refractivity contribution in [1.29, 1.82) is 0 Å². The van der Waals surface area contributed by atoms with Crippen molar-refractivity contribution >= 4 is 0 Å². The molecule has 0 amide bonds. The van der Waals surface area contributed by atoms with Gasteiger partial charge in [-0.3, -0.25) is 0 Å². The molecule has 3 nitrogen and oxygen atoms in total. The van der Waals surface area contributed by atoms with Gasteiger partial charge >= 0.3 is 6.18 Å². The molecule has 0 saturated heterocycles. The number of ether oxygens (including phenoxy) is 2. The lowest BCUT2D eigenvalue weighted by molar-refractivity contribution is -0.175. The summed E-state index contributed by atoms with van der Waals surface area (Å²) in [6.07, 6.45) is -4.32. The zero-order valence-electron chi connectivity index (χ0n) is 9.25. The van der Waals surface area contributed by atoms with E-state index in [1.165, 1.54) is 6.07 Å². The second-order valence-electron chi connectivity index (χ2n) is 3.52. The number of phenols is 1. The second kappa shape index (κ2) is 5.77. The molecule has 1 N–H and O–H groups in total. The highest BCUT2D eigenvalue weighted by Crippen LogP contribution is 2.21. The highest BCUT2D eigenvalue weighted by molar-refractivity contribution is 5.36. The molecule has 0 aliphatic carbocycles. The molecule has 0 aromatic heterocycles. The highest BCUT2D eigenvalue weighted by Gasteiger charge is 2.27. The summed E-state index contributed by atoms with van der Waals surface area (Å²) < 4.78 is 44.6. The Morgan fingerprint density at radius 3 is 2.47 bits per heavy atom. The van der Waals surface area contributed by atoms with Crippen LogP contribution in [0.15, 0.2) is 18.2 Å². The normalized spacial score (nSPS) is 11.5. The Labute approximate surface area is 96.8 Å². The smallest absolute Gasteiger partial charge is 0.411 e. The van der Waals surface area contributed by atoms with Crippen LogP contribution in [0.25, 0.3) is 0 Å². The fraction of sp³-hybridized carbons (Fsp3) is 0.455. The number of phenolic OH excluding ortho intramolecular Hbond substituents is 1. The summed E-state index contributed by atoms with van der Waals surface area (Å²) in [5.41, 5.74) is 0.802. The maximum absolute atomic E-state index is 11.7. The van der Waals surface area contributed by atoms with Gasteiger partial charge in [0.1, 0.15) is 24.7 Å². The number of hydrogen-bond donors (Lipinski definition) is 1. The monoisotopic (exact) mass is 250 g/mol. The number of rotatable bonds is 5. The first kappa shape index (κ1) is 13.6. The standard InChI is InChI=1S/C11H13F3O3/c1-8-4-9(15)6-10(5-8)17-3-2-16-7-11(12,13)14/h4-6,15H,2-3,7H2,1H3. The highest BCUT2D eigenvalue weighted by atomic mass is 19.4. The molecule has 0 unspecified atom stereocenters. The summed E-state index contributed by atoms with van der Waals surface area (Å²) in [6, 6.07) is 4.60. The average molecular weight is 250 g/mol. The molecule has 17 heavy (non-hydrogen) atoms. The van der Waals surface area contributed by atoms with E-state index in [0.717, 1.165) is 5.56 Å². The minimum Gasteiger partial charge on any atom is -0.508 e. The maximum atomic E-state index is 11.7. The summed E-state index contributed by atoms with van der Waals surface area (Å²) in [6.45, 7) is 0.329. The summed E-state index contributed by atoms with van der Waals surface area (Å²) in [5, 5.41) is 9.24. The van der Waals surface area contributed by atoms with Gasteiger partial charge in [0, 0.05) is 6.07 Å². The SMILES string of the molecule is Cc1cc(O)cc(OCCOCC(F)(F)F)c1. The van der Waals surface area contributed by atoms with Gasteiger partial charge < -0.3 is 14.6 Å². The van der Waals surface area contributed by atoms with Gasteiger partial charge in [-0.05, 0) is 24.6 Å². The predicted octanol–water partition coefficient (Wildman–Crippen LogP) is 2.66. The molecular weight excluding hydrogens is 237 g/mol. The number of benzene rings is 1. The largest absolute Gasteiger partial charge is 0.508 e. The molecule has 0 radical (unpaired) electrons. The number of aryl methyl sites for hydroxylation is 1. The number of alkyl halides is 3. The molecule has 6 heteroatoms. The van der Waals surface area contributed by atoms with Crippen molar-refractivity contribution in [3.63, 3.8) is 0 Å². The minimum atomic E-state index is -4.32. The van der Waals surface area contributed by atoms with Crippen LogP contribution in [0.2, 0.25) is 0 Å². The van der Waals surface area contributed by atoms with Gasteiger partial charge in [-0.2, -0.15) is 13.2 Å². The van der Waals surface area contributed by atoms with E-state index in [1.54, 1.807) is 19.1 Å². The lowest BCUT2D eigenvalue weighted by atomic mass is 10.2. The van der Waals surface area contributed by atoms with Gasteiger partial charge in [-0.15, -0.1) is 0 Å². The van der Waals surface area contributed by atoms with Crippen molar-refractivity contribution in [3.05, 3.63) is 23.8 Å². The lowest BCUT2D eigenvalue weighted by Gasteiger charge is -2.09. The third kappa shape index (κ3) is 6.01. The molecule has 0 bridgehead atoms. The van der Waals surface area contributed by atoms with Crippen LogP contribution in [-0.4, -0.2) is 31.1 Å². The fourth-order valence-electron chi connectivity index (χ4n) is 1.22. The molecular formula is C11H13F3O3. The van der Waals surface area contributed by atoms with Crippen molar-refractivity contribution in [3.8, 4) is 11.5 Å². The van der Waals surface area contributed by atoms with E-state index < -0.39 is 12.8 Å². The van der Waals surface area contributed by atoms with Gasteiger partial charge in [0.05, 0.1) is 6.61 Å². The van der Waals surface area contributed by atoms with Crippen LogP contribution in [0.4, 0.5) is 13.2 Å².